The van der Waals surface area contributed by atoms with Gasteiger partial charge in [-0.15, -0.1) is 0 Å². The second kappa shape index (κ2) is 4.84. The lowest BCUT2D eigenvalue weighted by molar-refractivity contribution is -0.0706. The first kappa shape index (κ1) is 13.3. The number of hydrogen-bond acceptors (Lipinski definition) is 5. The molecule has 2 aliphatic rings. The van der Waals surface area contributed by atoms with Crippen LogP contribution in [0.3, 0.4) is 0 Å². The molecule has 0 radical (unpaired) electrons. The van der Waals surface area contributed by atoms with Crippen molar-refractivity contribution in [3.8, 4) is 0 Å². The van der Waals surface area contributed by atoms with Gasteiger partial charge >= 0.3 is 0 Å². The van der Waals surface area contributed by atoms with E-state index in [-0.39, 0.29) is 29.7 Å². The van der Waals surface area contributed by atoms with Gasteiger partial charge in [0.2, 0.25) is 0 Å². The Bertz CT molecular complexity index is 371. The van der Waals surface area contributed by atoms with Gasteiger partial charge in [-0.2, -0.15) is 0 Å². The van der Waals surface area contributed by atoms with Crippen molar-refractivity contribution in [1.29, 1.82) is 0 Å². The van der Waals surface area contributed by atoms with E-state index in [1.54, 1.807) is 0 Å². The van der Waals surface area contributed by atoms with Crippen LogP contribution in [0.1, 0.15) is 20.3 Å². The Morgan fingerprint density at radius 1 is 1.41 bits per heavy atom. The van der Waals surface area contributed by atoms with Crippen molar-refractivity contribution in [3.63, 3.8) is 0 Å². The van der Waals surface area contributed by atoms with Crippen LogP contribution in [0.15, 0.2) is 0 Å². The number of rotatable bonds is 2. The Kier molecular flexibility index (Phi) is 3.77. The van der Waals surface area contributed by atoms with Gasteiger partial charge in [0.25, 0.3) is 0 Å². The zero-order valence-corrected chi connectivity index (χ0v) is 11.3. The SMILES string of the molecule is CCC1COC(C)CN1C1CS(=O)(=O)CC1N. The van der Waals surface area contributed by atoms with Gasteiger partial charge in [-0.1, -0.05) is 6.92 Å². The smallest absolute Gasteiger partial charge is 0.153 e. The monoisotopic (exact) mass is 262 g/mol. The Hall–Kier alpha value is -0.170. The molecule has 4 unspecified atom stereocenters. The zero-order chi connectivity index (χ0) is 12.6. The lowest BCUT2D eigenvalue weighted by Gasteiger charge is -2.42. The molecular weight excluding hydrogens is 240 g/mol. The van der Waals surface area contributed by atoms with E-state index in [9.17, 15) is 8.42 Å². The fraction of sp³-hybridized carbons (Fsp3) is 1.00. The summed E-state index contributed by atoms with van der Waals surface area (Å²) in [6.45, 7) is 5.59. The summed E-state index contributed by atoms with van der Waals surface area (Å²) < 4.78 is 28.9. The van der Waals surface area contributed by atoms with E-state index in [1.165, 1.54) is 0 Å². The quantitative estimate of drug-likeness (QED) is 0.734. The molecule has 5 nitrogen and oxygen atoms in total. The molecule has 0 amide bonds. The van der Waals surface area contributed by atoms with E-state index in [4.69, 9.17) is 10.5 Å². The molecule has 100 valence electrons. The highest BCUT2D eigenvalue weighted by molar-refractivity contribution is 7.91. The first-order chi connectivity index (χ1) is 7.93. The standard InChI is InChI=1S/C11H22N2O3S/c1-3-9-5-16-8(2)4-13(9)11-7-17(14,15)6-10(11)12/h8-11H,3-7,12H2,1-2H3. The molecule has 2 saturated heterocycles. The number of ether oxygens (including phenoxy) is 1. The van der Waals surface area contributed by atoms with Gasteiger partial charge in [-0.3, -0.25) is 4.90 Å². The zero-order valence-electron chi connectivity index (χ0n) is 10.5. The van der Waals surface area contributed by atoms with Crippen LogP contribution >= 0.6 is 0 Å². The summed E-state index contributed by atoms with van der Waals surface area (Å²) in [4.78, 5) is 2.25. The fourth-order valence-electron chi connectivity index (χ4n) is 2.83. The van der Waals surface area contributed by atoms with E-state index >= 15 is 0 Å². The van der Waals surface area contributed by atoms with Gasteiger partial charge in [-0.05, 0) is 13.3 Å². The molecule has 17 heavy (non-hydrogen) atoms. The average Bonchev–Trinajstić information content (AvgIpc) is 2.52. The maximum Gasteiger partial charge on any atom is 0.153 e. The summed E-state index contributed by atoms with van der Waals surface area (Å²) in [5.74, 6) is 0.331. The highest BCUT2D eigenvalue weighted by atomic mass is 32.2. The molecule has 6 heteroatoms. The summed E-state index contributed by atoms with van der Waals surface area (Å²) in [5.41, 5.74) is 5.99. The molecular formula is C11H22N2O3S. The largest absolute Gasteiger partial charge is 0.376 e. The van der Waals surface area contributed by atoms with Crippen LogP contribution in [0.4, 0.5) is 0 Å². The molecule has 2 aliphatic heterocycles. The predicted molar refractivity (Wildman–Crippen MR) is 66.6 cm³/mol. The summed E-state index contributed by atoms with van der Waals surface area (Å²) >= 11 is 0. The van der Waals surface area contributed by atoms with Crippen LogP contribution in [0.5, 0.6) is 0 Å². The third-order valence-corrected chi connectivity index (χ3v) is 5.51. The topological polar surface area (TPSA) is 72.6 Å². The third kappa shape index (κ3) is 2.81. The van der Waals surface area contributed by atoms with E-state index in [2.05, 4.69) is 11.8 Å². The van der Waals surface area contributed by atoms with Gasteiger partial charge < -0.3 is 10.5 Å². The van der Waals surface area contributed by atoms with Crippen molar-refractivity contribution in [3.05, 3.63) is 0 Å². The molecule has 0 aliphatic carbocycles. The molecule has 0 spiro atoms. The molecule has 0 aromatic heterocycles. The number of morpholine rings is 1. The van der Waals surface area contributed by atoms with E-state index in [0.717, 1.165) is 13.0 Å². The third-order valence-electron chi connectivity index (χ3n) is 3.77. The second-order valence-corrected chi connectivity index (χ2v) is 7.36. The number of sulfone groups is 1. The molecule has 2 rings (SSSR count). The van der Waals surface area contributed by atoms with E-state index in [1.807, 2.05) is 6.92 Å². The molecule has 0 saturated carbocycles. The van der Waals surface area contributed by atoms with Gasteiger partial charge in [0.1, 0.15) is 0 Å². The first-order valence-electron chi connectivity index (χ1n) is 6.26. The van der Waals surface area contributed by atoms with Crippen LogP contribution in [-0.2, 0) is 14.6 Å². The van der Waals surface area contributed by atoms with Gasteiger partial charge in [0, 0.05) is 24.7 Å². The first-order valence-corrected chi connectivity index (χ1v) is 8.08. The summed E-state index contributed by atoms with van der Waals surface area (Å²) in [5, 5.41) is 0. The van der Waals surface area contributed by atoms with Crippen LogP contribution in [0.2, 0.25) is 0 Å². The minimum absolute atomic E-state index is 0.0312. The maximum atomic E-state index is 11.6. The van der Waals surface area contributed by atoms with Gasteiger partial charge in [0.15, 0.2) is 9.84 Å². The normalized spacial score (nSPS) is 42.8. The molecule has 4 atom stereocenters. The predicted octanol–water partition coefficient (Wildman–Crippen LogP) is -0.390. The molecule has 2 heterocycles. The van der Waals surface area contributed by atoms with Crippen molar-refractivity contribution in [2.45, 2.75) is 44.5 Å². The fourth-order valence-corrected chi connectivity index (χ4v) is 4.73. The molecule has 2 fully saturated rings. The van der Waals surface area contributed by atoms with Crippen LogP contribution < -0.4 is 5.73 Å². The Balaban J connectivity index is 2.14. The average molecular weight is 262 g/mol. The van der Waals surface area contributed by atoms with Crippen LogP contribution in [0.25, 0.3) is 0 Å². The highest BCUT2D eigenvalue weighted by Crippen LogP contribution is 2.24. The van der Waals surface area contributed by atoms with Crippen molar-refractivity contribution < 1.29 is 13.2 Å². The number of hydrogen-bond donors (Lipinski definition) is 1. The summed E-state index contributed by atoms with van der Waals surface area (Å²) in [7, 11) is -2.95. The summed E-state index contributed by atoms with van der Waals surface area (Å²) in [6.07, 6.45) is 1.13. The van der Waals surface area contributed by atoms with Crippen LogP contribution in [0, 0.1) is 0 Å². The molecule has 0 aromatic rings. The second-order valence-electron chi connectivity index (χ2n) is 5.21. The lowest BCUT2D eigenvalue weighted by Crippen LogP contribution is -2.58. The van der Waals surface area contributed by atoms with Gasteiger partial charge in [0.05, 0.1) is 24.2 Å². The van der Waals surface area contributed by atoms with E-state index < -0.39 is 9.84 Å². The number of nitrogens with two attached hydrogens (primary N) is 1. The summed E-state index contributed by atoms with van der Waals surface area (Å²) in [6, 6.07) is 0.0196. The van der Waals surface area contributed by atoms with Crippen molar-refractivity contribution in [1.82, 2.24) is 4.90 Å². The maximum absolute atomic E-state index is 11.6. The minimum Gasteiger partial charge on any atom is -0.376 e. The van der Waals surface area contributed by atoms with Crippen molar-refractivity contribution in [2.24, 2.45) is 5.73 Å². The highest BCUT2D eigenvalue weighted by Gasteiger charge is 2.42. The lowest BCUT2D eigenvalue weighted by atomic mass is 10.0. The number of nitrogens with zero attached hydrogens (tertiary/aromatic N) is 1. The Labute approximate surface area is 103 Å². The molecule has 0 bridgehead atoms. The molecule has 2 N–H and O–H groups in total. The molecule has 0 aromatic carbocycles. The van der Waals surface area contributed by atoms with Gasteiger partial charge in [-0.25, -0.2) is 8.42 Å². The minimum atomic E-state index is -2.95. The van der Waals surface area contributed by atoms with Crippen LogP contribution in [-0.4, -0.2) is 62.2 Å². The van der Waals surface area contributed by atoms with Crippen molar-refractivity contribution >= 4 is 9.84 Å². The van der Waals surface area contributed by atoms with E-state index in [0.29, 0.717) is 12.6 Å². The van der Waals surface area contributed by atoms with Crippen molar-refractivity contribution in [2.75, 3.05) is 24.7 Å². The Morgan fingerprint density at radius 2 is 2.12 bits per heavy atom. The Morgan fingerprint density at radius 3 is 2.65 bits per heavy atom.